The molecule has 0 heterocycles. The van der Waals surface area contributed by atoms with Gasteiger partial charge in [-0.2, -0.15) is 0 Å². The minimum absolute atomic E-state index is 0. The summed E-state index contributed by atoms with van der Waals surface area (Å²) in [5.74, 6) is 0. The second-order valence-electron chi connectivity index (χ2n) is 1.07. The van der Waals surface area contributed by atoms with E-state index in [1.807, 2.05) is 0 Å². The van der Waals surface area contributed by atoms with E-state index in [0.29, 0.717) is 0 Å². The summed E-state index contributed by atoms with van der Waals surface area (Å²) in [6.07, 6.45) is 0. The molecular weight excluding hydrogens is 262 g/mol. The summed E-state index contributed by atoms with van der Waals surface area (Å²) in [5.41, 5.74) is 0. The average Bonchev–Trinajstić information content (AvgIpc) is 0.592. The average molecular weight is 274 g/mol. The van der Waals surface area contributed by atoms with Crippen LogP contribution in [0, 0.1) is 0 Å². The van der Waals surface area contributed by atoms with Gasteiger partial charge >= 0.3 is 56.3 Å². The largest absolute Gasteiger partial charge is 2.00 e. The first-order valence-corrected chi connectivity index (χ1v) is 3.40. The van der Waals surface area contributed by atoms with Crippen LogP contribution in [0.3, 0.4) is 0 Å². The van der Waals surface area contributed by atoms with Gasteiger partial charge in [-0.15, -0.1) is 0 Å². The Kier molecular flexibility index (Phi) is 39.1. The maximum Gasteiger partial charge on any atom is 2.00 e. The van der Waals surface area contributed by atoms with Crippen molar-refractivity contribution in [2.24, 2.45) is 0 Å². The minimum atomic E-state index is -10.8. The van der Waals surface area contributed by atoms with Crippen molar-refractivity contribution in [2.45, 2.75) is 0 Å². The Labute approximate surface area is 89.8 Å². The van der Waals surface area contributed by atoms with E-state index in [1.54, 1.807) is 0 Å². The smallest absolute Gasteiger partial charge is 0.412 e. The van der Waals surface area contributed by atoms with Crippen molar-refractivity contribution in [2.75, 3.05) is 0 Å². The van der Waals surface area contributed by atoms with Crippen molar-refractivity contribution in [1.29, 1.82) is 0 Å². The molecule has 6 nitrogen and oxygen atoms in total. The van der Waals surface area contributed by atoms with E-state index in [2.05, 4.69) is 0 Å². The molecule has 0 radical (unpaired) electrons. The van der Waals surface area contributed by atoms with Crippen molar-refractivity contribution < 1.29 is 57.5 Å². The molecule has 96 valence electrons. The fourth-order valence-corrected chi connectivity index (χ4v) is 0. The summed E-state index contributed by atoms with van der Waals surface area (Å²) in [6, 6.07) is 0. The number of hydrogen-bond donors (Lipinski definition) is 0. The summed E-state index contributed by atoms with van der Waals surface area (Å²) in [7, 11) is -10.8. The van der Waals surface area contributed by atoms with Gasteiger partial charge in [-0.25, -0.2) is 0 Å². The van der Waals surface area contributed by atoms with Crippen molar-refractivity contribution in [3.05, 3.63) is 0 Å². The van der Waals surface area contributed by atoms with Crippen LogP contribution in [0.4, 0.5) is 24.6 Å². The molecule has 14 heavy (non-hydrogen) atoms. The first-order valence-electron chi connectivity index (χ1n) is 1.13. The molecule has 0 saturated heterocycles. The van der Waals surface area contributed by atoms with E-state index in [1.165, 1.54) is 0 Å². The van der Waals surface area contributed by atoms with Gasteiger partial charge in [0.05, 0.1) is 0 Å². The Bertz CT molecular complexity index is 80.9. The van der Waals surface area contributed by atoms with Gasteiger partial charge in [-0.05, 0) is 0 Å². The molecule has 0 unspecified atom stereocenters. The quantitative estimate of drug-likeness (QED) is 0.244. The van der Waals surface area contributed by atoms with Crippen LogP contribution >= 0.6 is 0 Å². The van der Waals surface area contributed by atoms with Crippen LogP contribution in [0.15, 0.2) is 0 Å². The molecule has 14 heteroatoms. The molecule has 0 saturated carbocycles. The van der Waals surface area contributed by atoms with Crippen molar-refractivity contribution in [3.63, 3.8) is 0 Å². The molecule has 0 atom stereocenters. The molecule has 0 aliphatic rings. The molecule has 0 bridgehead atoms. The maximum absolute atomic E-state index is 10.8. The van der Waals surface area contributed by atoms with Crippen molar-refractivity contribution in [3.8, 4) is 0 Å². The van der Waals surface area contributed by atoms with Gasteiger partial charge < -0.3 is 32.9 Å². The summed E-state index contributed by atoms with van der Waals surface area (Å²) < 4.78 is 59.3. The van der Waals surface area contributed by atoms with E-state index in [4.69, 9.17) is 0 Å². The van der Waals surface area contributed by atoms with Crippen LogP contribution < -0.4 is 0 Å². The van der Waals surface area contributed by atoms with E-state index in [-0.39, 0.29) is 55.9 Å². The molecule has 0 aliphatic heterocycles. The van der Waals surface area contributed by atoms with E-state index in [0.717, 1.165) is 0 Å². The van der Waals surface area contributed by atoms with Crippen molar-refractivity contribution in [1.82, 2.24) is 0 Å². The second kappa shape index (κ2) is 8.62. The molecule has 0 rings (SSSR count). The maximum atomic E-state index is 9.88. The summed E-state index contributed by atoms with van der Waals surface area (Å²) in [5, 5.41) is 0. The fourth-order valence-electron chi connectivity index (χ4n) is 0. The van der Waals surface area contributed by atoms with Gasteiger partial charge in [-0.3, -0.25) is 0 Å². The van der Waals surface area contributed by atoms with Crippen molar-refractivity contribution >= 4 is 31.7 Å². The predicted octanol–water partition coefficient (Wildman–Crippen LogP) is -3.19. The molecule has 0 aromatic heterocycles. The number of hydrogen-bond acceptors (Lipinski definition) is 0. The number of rotatable bonds is 0. The zero-order chi connectivity index (χ0) is 6.41. The summed E-state index contributed by atoms with van der Waals surface area (Å²) >= 11 is 0. The van der Waals surface area contributed by atoms with Crippen LogP contribution in [0.25, 0.3) is 0 Å². The Morgan fingerprint density at radius 1 is 0.429 bits per heavy atom. The van der Waals surface area contributed by atoms with Gasteiger partial charge in [-0.1, -0.05) is 0 Å². The summed E-state index contributed by atoms with van der Waals surface area (Å²) in [6.45, 7) is 0. The zero-order valence-electron chi connectivity index (χ0n) is 6.47. The number of halogens is 6. The van der Waals surface area contributed by atoms with Gasteiger partial charge in [0.1, 0.15) is 0 Å². The molecule has 0 fully saturated rings. The molecule has 0 aromatic carbocycles. The third kappa shape index (κ3) is 15100. The van der Waals surface area contributed by atoms with Gasteiger partial charge in [0.2, 0.25) is 0 Å². The molecule has 12 N–H and O–H groups in total. The monoisotopic (exact) mass is 274 g/mol. The van der Waals surface area contributed by atoms with Gasteiger partial charge in [0, 0.05) is 0 Å². The molecule has 0 aliphatic carbocycles. The summed E-state index contributed by atoms with van der Waals surface area (Å²) in [4.78, 5) is 0. The molecule has 0 spiro atoms. The van der Waals surface area contributed by atoms with E-state index >= 15 is 0 Å². The van der Waals surface area contributed by atoms with Crippen LogP contribution in [0.5, 0.6) is 0 Å². The normalized spacial score (nSPS) is 11.6. The Morgan fingerprint density at radius 2 is 0.429 bits per heavy atom. The van der Waals surface area contributed by atoms with E-state index in [9.17, 15) is 24.6 Å². The van der Waals surface area contributed by atoms with Crippen LogP contribution in [-0.2, 0) is 0 Å². The minimum Gasteiger partial charge on any atom is -0.412 e. The first-order chi connectivity index (χ1) is 2.45. The fraction of sp³-hybridized carbons (Fsp3) is 0. The predicted molar refractivity (Wildman–Crippen MR) is 39.8 cm³/mol. The zero-order valence-corrected chi connectivity index (χ0v) is 8.89. The van der Waals surface area contributed by atoms with Gasteiger partial charge in [0.25, 0.3) is 0 Å². The second-order valence-corrected chi connectivity index (χ2v) is 3.21. The van der Waals surface area contributed by atoms with Crippen LogP contribution in [0.1, 0.15) is 0 Å². The SMILES string of the molecule is F[Si-2](F)(F)(F)(F)F.O.O.O.O.O.O.[Mg+2]. The molecular formula is H12F6MgO6Si. The van der Waals surface area contributed by atoms with Crippen LogP contribution in [0.2, 0.25) is 0 Å². The van der Waals surface area contributed by atoms with Crippen LogP contribution in [-0.4, -0.2) is 64.5 Å². The Balaban J connectivity index is -0.00000000857. The Hall–Kier alpha value is 0.323. The third-order valence-electron chi connectivity index (χ3n) is 0. The topological polar surface area (TPSA) is 189 Å². The molecule has 0 aromatic rings. The standard InChI is InChI=1S/F6Si.Mg.6H2O/c1-7(2,3,4,5)6;;;;;;;/h;;6*1H2/q-2;+2;;;;;;. The third-order valence-corrected chi connectivity index (χ3v) is 0. The first kappa shape index (κ1) is 63.6. The Morgan fingerprint density at radius 3 is 0.429 bits per heavy atom. The van der Waals surface area contributed by atoms with E-state index < -0.39 is 8.63 Å². The van der Waals surface area contributed by atoms with Gasteiger partial charge in [0.15, 0.2) is 0 Å². The molecule has 0 amide bonds.